The van der Waals surface area contributed by atoms with E-state index in [4.69, 9.17) is 0 Å². The summed E-state index contributed by atoms with van der Waals surface area (Å²) in [5.74, 6) is 0.813. The van der Waals surface area contributed by atoms with Crippen molar-refractivity contribution >= 4 is 34.5 Å². The maximum atomic E-state index is 12.7. The molecular weight excluding hydrogens is 427 g/mol. The monoisotopic (exact) mass is 449 g/mol. The Kier molecular flexibility index (Phi) is 6.08. The van der Waals surface area contributed by atoms with Crippen LogP contribution >= 0.6 is 11.8 Å². The van der Waals surface area contributed by atoms with Gasteiger partial charge in [0.25, 0.3) is 0 Å². The predicted molar refractivity (Wildman–Crippen MR) is 114 cm³/mol. The van der Waals surface area contributed by atoms with Gasteiger partial charge in [-0.15, -0.1) is 0 Å². The van der Waals surface area contributed by atoms with E-state index in [9.17, 15) is 18.0 Å². The first-order valence-electron chi connectivity index (χ1n) is 10.0. The van der Waals surface area contributed by atoms with E-state index in [0.717, 1.165) is 35.0 Å². The maximum Gasteiger partial charge on any atom is 0.417 e. The number of pyridine rings is 1. The van der Waals surface area contributed by atoms with Crippen LogP contribution in [-0.4, -0.2) is 57.3 Å². The lowest BCUT2D eigenvalue weighted by Crippen LogP contribution is -2.49. The molecule has 1 aliphatic rings. The molecule has 0 aliphatic carbocycles. The molecule has 3 aromatic rings. The van der Waals surface area contributed by atoms with Crippen LogP contribution in [0.5, 0.6) is 0 Å². The highest BCUT2D eigenvalue weighted by molar-refractivity contribution is 7.99. The van der Waals surface area contributed by atoms with Gasteiger partial charge in [0, 0.05) is 38.9 Å². The number of hydrogen-bond acceptors (Lipinski definition) is 5. The van der Waals surface area contributed by atoms with Crippen LogP contribution in [0.2, 0.25) is 0 Å². The number of hydrogen-bond donors (Lipinski definition) is 0. The Labute approximate surface area is 182 Å². The van der Waals surface area contributed by atoms with E-state index in [2.05, 4.69) is 21.5 Å². The van der Waals surface area contributed by atoms with Crippen molar-refractivity contribution in [2.45, 2.75) is 24.8 Å². The van der Waals surface area contributed by atoms with Crippen LogP contribution in [0.4, 0.5) is 19.0 Å². The molecule has 2 aromatic heterocycles. The lowest BCUT2D eigenvalue weighted by atomic mass is 10.2. The first kappa shape index (κ1) is 21.5. The summed E-state index contributed by atoms with van der Waals surface area (Å²) in [5, 5.41) is 0.824. The normalized spacial score (nSPS) is 15.0. The molecule has 1 aromatic carbocycles. The first-order valence-corrected chi connectivity index (χ1v) is 11.0. The minimum absolute atomic E-state index is 0.0275. The van der Waals surface area contributed by atoms with Crippen LogP contribution in [0.15, 0.2) is 47.8 Å². The molecule has 10 heteroatoms. The van der Waals surface area contributed by atoms with E-state index < -0.39 is 11.7 Å². The lowest BCUT2D eigenvalue weighted by Gasteiger charge is -2.35. The number of rotatable bonds is 5. The van der Waals surface area contributed by atoms with Gasteiger partial charge in [0.2, 0.25) is 5.91 Å². The van der Waals surface area contributed by atoms with Gasteiger partial charge in [-0.05, 0) is 31.2 Å². The number of aryl methyl sites for hydroxylation is 1. The second-order valence-corrected chi connectivity index (χ2v) is 8.13. The largest absolute Gasteiger partial charge is 0.417 e. The molecule has 0 N–H and O–H groups in total. The van der Waals surface area contributed by atoms with Gasteiger partial charge in [0.1, 0.15) is 5.82 Å². The van der Waals surface area contributed by atoms with Crippen LogP contribution in [0, 0.1) is 0 Å². The Morgan fingerprint density at radius 2 is 1.84 bits per heavy atom. The molecule has 4 rings (SSSR count). The molecule has 6 nitrogen and oxygen atoms in total. The Hall–Kier alpha value is -2.75. The number of para-hydroxylation sites is 2. The van der Waals surface area contributed by atoms with Gasteiger partial charge in [-0.2, -0.15) is 13.2 Å². The van der Waals surface area contributed by atoms with Crippen molar-refractivity contribution in [3.8, 4) is 0 Å². The summed E-state index contributed by atoms with van der Waals surface area (Å²) in [6.45, 7) is 4.90. The minimum atomic E-state index is -4.40. The van der Waals surface area contributed by atoms with Gasteiger partial charge in [-0.1, -0.05) is 23.9 Å². The van der Waals surface area contributed by atoms with E-state index in [1.54, 1.807) is 4.90 Å². The topological polar surface area (TPSA) is 54.3 Å². The van der Waals surface area contributed by atoms with E-state index in [1.807, 2.05) is 29.2 Å². The zero-order valence-electron chi connectivity index (χ0n) is 17.0. The molecular formula is C21H22F3N5OS. The molecule has 31 heavy (non-hydrogen) atoms. The average molecular weight is 450 g/mol. The standard InChI is InChI=1S/C21H22F3N5OS/c1-2-29-17-6-4-3-5-16(17)26-20(29)31-14-19(30)28-11-9-27(10-12-28)18-8-7-15(13-25-18)21(22,23)24/h3-8,13H,2,9-12,14H2,1H3. The molecule has 0 bridgehead atoms. The third-order valence-corrected chi connectivity index (χ3v) is 6.25. The highest BCUT2D eigenvalue weighted by Crippen LogP contribution is 2.29. The van der Waals surface area contributed by atoms with Crippen LogP contribution in [0.3, 0.4) is 0 Å². The Morgan fingerprint density at radius 3 is 2.48 bits per heavy atom. The molecule has 0 saturated carbocycles. The smallest absolute Gasteiger partial charge is 0.353 e. The van der Waals surface area contributed by atoms with Crippen LogP contribution in [0.1, 0.15) is 12.5 Å². The third-order valence-electron chi connectivity index (χ3n) is 5.29. The van der Waals surface area contributed by atoms with E-state index in [-0.39, 0.29) is 5.91 Å². The number of aromatic nitrogens is 3. The number of nitrogens with zero attached hydrogens (tertiary/aromatic N) is 5. The summed E-state index contributed by atoms with van der Waals surface area (Å²) in [4.78, 5) is 25.0. The van der Waals surface area contributed by atoms with Crippen LogP contribution < -0.4 is 4.90 Å². The minimum Gasteiger partial charge on any atom is -0.353 e. The van der Waals surface area contributed by atoms with Crippen molar-refractivity contribution in [1.82, 2.24) is 19.4 Å². The molecule has 1 saturated heterocycles. The quantitative estimate of drug-likeness (QED) is 0.553. The molecule has 0 radical (unpaired) electrons. The molecule has 1 fully saturated rings. The molecule has 164 valence electrons. The molecule has 1 aliphatic heterocycles. The zero-order chi connectivity index (χ0) is 22.0. The van der Waals surface area contributed by atoms with Crippen LogP contribution in [0.25, 0.3) is 11.0 Å². The van der Waals surface area contributed by atoms with Crippen molar-refractivity contribution in [1.29, 1.82) is 0 Å². The number of anilines is 1. The number of piperazine rings is 1. The fraction of sp³-hybridized carbons (Fsp3) is 0.381. The van der Waals surface area contributed by atoms with Gasteiger partial charge >= 0.3 is 6.18 Å². The number of carbonyl (C=O) groups excluding carboxylic acids is 1. The molecule has 0 unspecified atom stereocenters. The molecule has 0 spiro atoms. The predicted octanol–water partition coefficient (Wildman–Crippen LogP) is 3.91. The highest BCUT2D eigenvalue weighted by Gasteiger charge is 2.31. The number of imidazole rings is 1. The summed E-state index contributed by atoms with van der Waals surface area (Å²) in [6.07, 6.45) is -3.55. The Morgan fingerprint density at radius 1 is 1.10 bits per heavy atom. The number of benzene rings is 1. The van der Waals surface area contributed by atoms with E-state index >= 15 is 0 Å². The van der Waals surface area contributed by atoms with E-state index in [1.165, 1.54) is 17.8 Å². The fourth-order valence-corrected chi connectivity index (χ4v) is 4.59. The van der Waals surface area contributed by atoms with E-state index in [0.29, 0.717) is 37.7 Å². The first-order chi connectivity index (χ1) is 14.9. The Bertz CT molecular complexity index is 1060. The number of thioether (sulfide) groups is 1. The second kappa shape index (κ2) is 8.78. The summed E-state index contributed by atoms with van der Waals surface area (Å²) in [7, 11) is 0. The van der Waals surface area contributed by atoms with Crippen molar-refractivity contribution in [2.75, 3.05) is 36.8 Å². The molecule has 0 atom stereocenters. The van der Waals surface area contributed by atoms with Crippen molar-refractivity contribution in [2.24, 2.45) is 0 Å². The molecule has 3 heterocycles. The number of amides is 1. The average Bonchev–Trinajstić information content (AvgIpc) is 3.14. The number of carbonyl (C=O) groups is 1. The summed E-state index contributed by atoms with van der Waals surface area (Å²) >= 11 is 1.43. The second-order valence-electron chi connectivity index (χ2n) is 7.19. The summed E-state index contributed by atoms with van der Waals surface area (Å²) in [5.41, 5.74) is 1.20. The summed E-state index contributed by atoms with van der Waals surface area (Å²) < 4.78 is 40.2. The highest BCUT2D eigenvalue weighted by atomic mass is 32.2. The third kappa shape index (κ3) is 4.63. The zero-order valence-corrected chi connectivity index (χ0v) is 17.8. The number of alkyl halides is 3. The molecule has 1 amide bonds. The van der Waals surface area contributed by atoms with Crippen molar-refractivity contribution in [3.63, 3.8) is 0 Å². The van der Waals surface area contributed by atoms with Gasteiger partial charge in [0.05, 0.1) is 22.3 Å². The Balaban J connectivity index is 1.33. The van der Waals surface area contributed by atoms with Crippen molar-refractivity contribution in [3.05, 3.63) is 48.2 Å². The lowest BCUT2D eigenvalue weighted by molar-refractivity contribution is -0.137. The van der Waals surface area contributed by atoms with Gasteiger partial charge in [-0.25, -0.2) is 9.97 Å². The number of halogens is 3. The SMILES string of the molecule is CCn1c(SCC(=O)N2CCN(c3ccc(C(F)(F)F)cn3)CC2)nc2ccccc21. The van der Waals surface area contributed by atoms with Crippen molar-refractivity contribution < 1.29 is 18.0 Å². The van der Waals surface area contributed by atoms with Crippen LogP contribution in [-0.2, 0) is 17.5 Å². The summed E-state index contributed by atoms with van der Waals surface area (Å²) in [6, 6.07) is 10.3. The van der Waals surface area contributed by atoms with Gasteiger partial charge < -0.3 is 14.4 Å². The fourth-order valence-electron chi connectivity index (χ4n) is 3.61. The maximum absolute atomic E-state index is 12.7. The van der Waals surface area contributed by atoms with Gasteiger partial charge in [-0.3, -0.25) is 4.79 Å². The number of fused-ring (bicyclic) bond motifs is 1. The van der Waals surface area contributed by atoms with Gasteiger partial charge in [0.15, 0.2) is 5.16 Å².